The molecule has 0 aliphatic rings. The number of hydrogen-bond acceptors (Lipinski definition) is 6. The number of nitrogens with one attached hydrogen (secondary N) is 1. The number of amides is 1. The Balaban J connectivity index is 1.66. The van der Waals surface area contributed by atoms with Gasteiger partial charge < -0.3 is 19.3 Å². The van der Waals surface area contributed by atoms with Gasteiger partial charge in [-0.15, -0.1) is 0 Å². The predicted octanol–water partition coefficient (Wildman–Crippen LogP) is 5.42. The predicted molar refractivity (Wildman–Crippen MR) is 138 cm³/mol. The summed E-state index contributed by atoms with van der Waals surface area (Å²) < 4.78 is 17.8. The Morgan fingerprint density at radius 3 is 2.34 bits per heavy atom. The van der Waals surface area contributed by atoms with Crippen molar-refractivity contribution in [3.8, 4) is 17.2 Å². The first kappa shape index (κ1) is 26.2. The Bertz CT molecular complexity index is 1190. The van der Waals surface area contributed by atoms with Gasteiger partial charge in [0.05, 0.1) is 21.8 Å². The summed E-state index contributed by atoms with van der Waals surface area (Å²) in [5.74, 6) is -0.149. The highest BCUT2D eigenvalue weighted by Gasteiger charge is 2.13. The summed E-state index contributed by atoms with van der Waals surface area (Å²) in [6.45, 7) is 2.18. The summed E-state index contributed by atoms with van der Waals surface area (Å²) in [7, 11) is 0. The number of carboxylic acid groups (broad SMARTS) is 1. The molecule has 182 valence electrons. The van der Waals surface area contributed by atoms with Gasteiger partial charge in [-0.05, 0) is 80.2 Å². The van der Waals surface area contributed by atoms with Crippen molar-refractivity contribution in [1.29, 1.82) is 0 Å². The van der Waals surface area contributed by atoms with Gasteiger partial charge in [0.1, 0.15) is 12.4 Å². The van der Waals surface area contributed by atoms with E-state index in [4.69, 9.17) is 19.3 Å². The molecule has 0 radical (unpaired) electrons. The van der Waals surface area contributed by atoms with E-state index in [9.17, 15) is 9.59 Å². The largest absolute Gasteiger partial charge is 0.490 e. The smallest absolute Gasteiger partial charge is 0.341 e. The normalized spacial score (nSPS) is 10.7. The molecular formula is C25H22Br2N2O6. The van der Waals surface area contributed by atoms with E-state index in [2.05, 4.69) is 42.4 Å². The molecular weight excluding hydrogens is 584 g/mol. The molecule has 0 bridgehead atoms. The fraction of sp³-hybridized carbons (Fsp3) is 0.160. The second kappa shape index (κ2) is 12.9. The van der Waals surface area contributed by atoms with Crippen molar-refractivity contribution in [3.05, 3.63) is 86.3 Å². The van der Waals surface area contributed by atoms with Crippen molar-refractivity contribution in [2.75, 3.05) is 13.2 Å². The molecule has 0 aliphatic carbocycles. The molecule has 3 rings (SSSR count). The zero-order chi connectivity index (χ0) is 25.2. The van der Waals surface area contributed by atoms with Crippen LogP contribution in [0.2, 0.25) is 0 Å². The zero-order valence-corrected chi connectivity index (χ0v) is 21.8. The maximum absolute atomic E-state index is 12.6. The Morgan fingerprint density at radius 1 is 0.971 bits per heavy atom. The van der Waals surface area contributed by atoms with E-state index in [0.717, 1.165) is 5.56 Å². The number of ether oxygens (including phenoxy) is 3. The summed E-state index contributed by atoms with van der Waals surface area (Å²) >= 11 is 6.68. The summed E-state index contributed by atoms with van der Waals surface area (Å²) in [4.78, 5) is 23.3. The summed E-state index contributed by atoms with van der Waals surface area (Å²) in [5.41, 5.74) is 4.51. The lowest BCUT2D eigenvalue weighted by Crippen LogP contribution is -2.17. The van der Waals surface area contributed by atoms with E-state index in [1.807, 2.05) is 37.3 Å². The third kappa shape index (κ3) is 7.83. The maximum Gasteiger partial charge on any atom is 0.341 e. The Hall–Kier alpha value is -3.37. The van der Waals surface area contributed by atoms with Crippen LogP contribution in [0, 0.1) is 0 Å². The fourth-order valence-electron chi connectivity index (χ4n) is 2.93. The van der Waals surface area contributed by atoms with Crippen molar-refractivity contribution in [2.24, 2.45) is 5.10 Å². The second-order valence-electron chi connectivity index (χ2n) is 7.06. The van der Waals surface area contributed by atoms with Crippen molar-refractivity contribution < 1.29 is 28.9 Å². The highest BCUT2D eigenvalue weighted by Crippen LogP contribution is 2.34. The van der Waals surface area contributed by atoms with Crippen LogP contribution >= 0.6 is 31.9 Å². The van der Waals surface area contributed by atoms with E-state index in [-0.39, 0.29) is 0 Å². The van der Waals surface area contributed by atoms with Crippen LogP contribution in [-0.2, 0) is 11.4 Å². The highest BCUT2D eigenvalue weighted by atomic mass is 79.9. The van der Waals surface area contributed by atoms with Crippen LogP contribution in [-0.4, -0.2) is 36.4 Å². The Morgan fingerprint density at radius 2 is 1.69 bits per heavy atom. The van der Waals surface area contributed by atoms with Crippen molar-refractivity contribution in [1.82, 2.24) is 5.43 Å². The van der Waals surface area contributed by atoms with Crippen molar-refractivity contribution in [3.63, 3.8) is 0 Å². The molecule has 3 aromatic rings. The van der Waals surface area contributed by atoms with E-state index >= 15 is 0 Å². The molecule has 8 nitrogen and oxygen atoms in total. The van der Waals surface area contributed by atoms with Crippen molar-refractivity contribution in [2.45, 2.75) is 13.5 Å². The van der Waals surface area contributed by atoms with Crippen LogP contribution in [0.4, 0.5) is 0 Å². The number of rotatable bonds is 11. The van der Waals surface area contributed by atoms with Crippen molar-refractivity contribution >= 4 is 50.0 Å². The van der Waals surface area contributed by atoms with Gasteiger partial charge in [-0.2, -0.15) is 5.10 Å². The van der Waals surface area contributed by atoms with Gasteiger partial charge in [0.25, 0.3) is 5.91 Å². The molecule has 0 fully saturated rings. The second-order valence-corrected chi connectivity index (χ2v) is 8.77. The minimum atomic E-state index is -1.08. The van der Waals surface area contributed by atoms with Gasteiger partial charge in [0, 0.05) is 5.56 Å². The Labute approximate surface area is 219 Å². The van der Waals surface area contributed by atoms with Gasteiger partial charge in [-0.25, -0.2) is 10.2 Å². The number of hydrogen-bond donors (Lipinski definition) is 2. The lowest BCUT2D eigenvalue weighted by molar-refractivity contribution is -0.139. The van der Waals surface area contributed by atoms with E-state index < -0.39 is 18.5 Å². The first-order chi connectivity index (χ1) is 16.9. The van der Waals surface area contributed by atoms with Crippen LogP contribution in [0.5, 0.6) is 17.2 Å². The van der Waals surface area contributed by atoms with Crippen LogP contribution in [0.25, 0.3) is 0 Å². The molecule has 0 spiro atoms. The molecule has 0 aliphatic heterocycles. The molecule has 3 aromatic carbocycles. The number of hydrazone groups is 1. The quantitative estimate of drug-likeness (QED) is 0.223. The molecule has 1 amide bonds. The number of aliphatic carboxylic acids is 1. The molecule has 35 heavy (non-hydrogen) atoms. The van der Waals surface area contributed by atoms with Crippen LogP contribution in [0.1, 0.15) is 28.4 Å². The van der Waals surface area contributed by atoms with E-state index in [0.29, 0.717) is 50.5 Å². The Kier molecular flexibility index (Phi) is 9.68. The van der Waals surface area contributed by atoms with Crippen LogP contribution in [0.15, 0.2) is 74.7 Å². The molecule has 2 N–H and O–H groups in total. The number of benzene rings is 3. The molecule has 0 saturated carbocycles. The molecule has 0 atom stereocenters. The minimum absolute atomic E-state index is 0.353. The highest BCUT2D eigenvalue weighted by molar-refractivity contribution is 9.11. The lowest BCUT2D eigenvalue weighted by atomic mass is 10.2. The van der Waals surface area contributed by atoms with Gasteiger partial charge in [-0.3, -0.25) is 4.79 Å². The van der Waals surface area contributed by atoms with Gasteiger partial charge in [0.15, 0.2) is 18.1 Å². The molecule has 0 unspecified atom stereocenters. The topological polar surface area (TPSA) is 106 Å². The SMILES string of the molecule is CCOc1cc(C(=O)N/N=C/c2cc(Br)c(OCC(=O)O)c(Br)c2)ccc1OCc1ccccc1. The lowest BCUT2D eigenvalue weighted by Gasteiger charge is -2.13. The first-order valence-corrected chi connectivity index (χ1v) is 12.1. The van der Waals surface area contributed by atoms with Crippen LogP contribution in [0.3, 0.4) is 0 Å². The summed E-state index contributed by atoms with van der Waals surface area (Å²) in [5, 5.41) is 12.8. The minimum Gasteiger partial charge on any atom is -0.490 e. The number of carbonyl (C=O) groups is 2. The van der Waals surface area contributed by atoms with Gasteiger partial charge >= 0.3 is 5.97 Å². The van der Waals surface area contributed by atoms with Gasteiger partial charge in [0.2, 0.25) is 0 Å². The third-order valence-corrected chi connectivity index (χ3v) is 5.66. The summed E-state index contributed by atoms with van der Waals surface area (Å²) in [6, 6.07) is 18.1. The molecule has 10 heteroatoms. The van der Waals surface area contributed by atoms with Gasteiger partial charge in [-0.1, -0.05) is 30.3 Å². The van der Waals surface area contributed by atoms with E-state index in [1.165, 1.54) is 6.21 Å². The number of carbonyl (C=O) groups excluding carboxylic acids is 1. The number of halogens is 2. The molecule has 0 saturated heterocycles. The standard InChI is InChI=1S/C25H22Br2N2O6/c1-2-33-22-12-18(8-9-21(22)34-14-16-6-4-3-5-7-16)25(32)29-28-13-17-10-19(26)24(20(27)11-17)35-15-23(30)31/h3-13H,2,14-15H2,1H3,(H,29,32)(H,30,31)/b28-13+. The average Bonchev–Trinajstić information content (AvgIpc) is 2.83. The first-order valence-electron chi connectivity index (χ1n) is 10.5. The number of carboxylic acids is 1. The number of nitrogens with zero attached hydrogens (tertiary/aromatic N) is 1. The molecule has 0 heterocycles. The third-order valence-electron chi connectivity index (χ3n) is 4.48. The monoisotopic (exact) mass is 604 g/mol. The summed E-state index contributed by atoms with van der Waals surface area (Å²) in [6.07, 6.45) is 1.45. The van der Waals surface area contributed by atoms with E-state index in [1.54, 1.807) is 30.3 Å². The zero-order valence-electron chi connectivity index (χ0n) is 18.7. The average molecular weight is 606 g/mol. The van der Waals surface area contributed by atoms with Crippen LogP contribution < -0.4 is 19.6 Å². The maximum atomic E-state index is 12.6. The molecule has 0 aromatic heterocycles. The fourth-order valence-corrected chi connectivity index (χ4v) is 4.38.